The Morgan fingerprint density at radius 2 is 1.33 bits per heavy atom. The SMILES string of the molecule is c1ccc(C(c2ccccc2)[C@H]2CC[C@@H]3CN2CCN3Cc2cccc3ccccc23)cc1. The number of hydrogen-bond acceptors (Lipinski definition) is 2. The van der Waals surface area contributed by atoms with E-state index in [-0.39, 0.29) is 0 Å². The van der Waals surface area contributed by atoms with Crippen molar-refractivity contribution < 1.29 is 0 Å². The average Bonchev–Trinajstić information content (AvgIpc) is 2.89. The third-order valence-corrected chi connectivity index (χ3v) is 7.86. The second-order valence-electron chi connectivity index (χ2n) is 9.70. The van der Waals surface area contributed by atoms with Gasteiger partial charge in [-0.2, -0.15) is 0 Å². The van der Waals surface area contributed by atoms with Crippen LogP contribution in [0.3, 0.4) is 0 Å². The fraction of sp³-hybridized carbons (Fsp3) is 0.290. The Morgan fingerprint density at radius 1 is 0.667 bits per heavy atom. The quantitative estimate of drug-likeness (QED) is 0.364. The first kappa shape index (κ1) is 20.7. The van der Waals surface area contributed by atoms with E-state index in [0.29, 0.717) is 18.0 Å². The Bertz CT molecular complexity index is 1160. The van der Waals surface area contributed by atoms with Crippen LogP contribution in [0.15, 0.2) is 103 Å². The van der Waals surface area contributed by atoms with Gasteiger partial charge in [-0.25, -0.2) is 0 Å². The van der Waals surface area contributed by atoms with Crippen molar-refractivity contribution in [1.29, 1.82) is 0 Å². The van der Waals surface area contributed by atoms with Gasteiger partial charge in [0.05, 0.1) is 0 Å². The zero-order valence-corrected chi connectivity index (χ0v) is 19.2. The zero-order valence-electron chi connectivity index (χ0n) is 19.2. The van der Waals surface area contributed by atoms with Crippen molar-refractivity contribution in [2.45, 2.75) is 37.4 Å². The lowest BCUT2D eigenvalue weighted by molar-refractivity contribution is -0.00337. The minimum absolute atomic E-state index is 0.443. The Labute approximate surface area is 197 Å². The molecule has 166 valence electrons. The first-order chi connectivity index (χ1) is 16.4. The van der Waals surface area contributed by atoms with E-state index in [4.69, 9.17) is 0 Å². The van der Waals surface area contributed by atoms with Crippen LogP contribution in [-0.2, 0) is 6.54 Å². The second kappa shape index (κ2) is 9.13. The van der Waals surface area contributed by atoms with Crippen LogP contribution in [0, 0.1) is 0 Å². The molecule has 2 heterocycles. The third kappa shape index (κ3) is 4.10. The first-order valence-electron chi connectivity index (χ1n) is 12.4. The summed E-state index contributed by atoms with van der Waals surface area (Å²) in [5, 5.41) is 2.76. The summed E-state index contributed by atoms with van der Waals surface area (Å²) in [4.78, 5) is 5.53. The molecule has 0 saturated carbocycles. The maximum absolute atomic E-state index is 2.79. The number of piperazine rings is 1. The van der Waals surface area contributed by atoms with Gasteiger partial charge in [0.1, 0.15) is 0 Å². The lowest BCUT2D eigenvalue weighted by Crippen LogP contribution is -2.60. The molecular formula is C31H32N2. The van der Waals surface area contributed by atoms with E-state index >= 15 is 0 Å². The number of nitrogens with zero attached hydrogens (tertiary/aromatic N) is 2. The van der Waals surface area contributed by atoms with E-state index in [1.807, 2.05) is 0 Å². The number of benzene rings is 4. The van der Waals surface area contributed by atoms with Crippen molar-refractivity contribution in [2.24, 2.45) is 0 Å². The highest BCUT2D eigenvalue weighted by Gasteiger charge is 2.39. The smallest absolute Gasteiger partial charge is 0.0245 e. The van der Waals surface area contributed by atoms with Crippen molar-refractivity contribution in [3.8, 4) is 0 Å². The van der Waals surface area contributed by atoms with Crippen LogP contribution in [0.2, 0.25) is 0 Å². The molecule has 1 unspecified atom stereocenters. The molecule has 6 rings (SSSR count). The minimum Gasteiger partial charge on any atom is -0.297 e. The first-order valence-corrected chi connectivity index (χ1v) is 12.4. The predicted octanol–water partition coefficient (Wildman–Crippen LogP) is 6.32. The Hall–Kier alpha value is -2.94. The van der Waals surface area contributed by atoms with Crippen molar-refractivity contribution in [3.05, 3.63) is 120 Å². The van der Waals surface area contributed by atoms with Gasteiger partial charge in [0.25, 0.3) is 0 Å². The molecule has 0 N–H and O–H groups in total. The van der Waals surface area contributed by atoms with E-state index in [2.05, 4.69) is 113 Å². The van der Waals surface area contributed by atoms with Crippen molar-refractivity contribution >= 4 is 10.8 Å². The van der Waals surface area contributed by atoms with Crippen LogP contribution in [0.1, 0.15) is 35.4 Å². The summed E-state index contributed by atoms with van der Waals surface area (Å²) >= 11 is 0. The Kier molecular flexibility index (Phi) is 5.71. The van der Waals surface area contributed by atoms with Crippen LogP contribution in [0.25, 0.3) is 10.8 Å². The van der Waals surface area contributed by atoms with E-state index in [9.17, 15) is 0 Å². The molecule has 2 aliphatic rings. The molecule has 33 heavy (non-hydrogen) atoms. The summed E-state index contributed by atoms with van der Waals surface area (Å²) in [6, 6.07) is 39.1. The summed E-state index contributed by atoms with van der Waals surface area (Å²) in [7, 11) is 0. The Balaban J connectivity index is 1.23. The molecule has 4 aromatic carbocycles. The molecule has 0 aromatic heterocycles. The van der Waals surface area contributed by atoms with Crippen LogP contribution in [-0.4, -0.2) is 41.5 Å². The maximum atomic E-state index is 2.79. The van der Waals surface area contributed by atoms with Crippen LogP contribution in [0.5, 0.6) is 0 Å². The molecular weight excluding hydrogens is 400 g/mol. The molecule has 0 spiro atoms. The summed E-state index contributed by atoms with van der Waals surface area (Å²) in [5.74, 6) is 0.443. The van der Waals surface area contributed by atoms with Gasteiger partial charge in [-0.1, -0.05) is 103 Å². The van der Waals surface area contributed by atoms with E-state index in [1.54, 1.807) is 0 Å². The molecule has 0 radical (unpaired) electrons. The molecule has 2 bridgehead atoms. The molecule has 2 aliphatic heterocycles. The zero-order chi connectivity index (χ0) is 22.0. The monoisotopic (exact) mass is 432 g/mol. The molecule has 0 amide bonds. The summed E-state index contributed by atoms with van der Waals surface area (Å²) in [5.41, 5.74) is 4.37. The van der Waals surface area contributed by atoms with Gasteiger partial charge in [0.2, 0.25) is 0 Å². The fourth-order valence-corrected chi connectivity index (χ4v) is 6.23. The van der Waals surface area contributed by atoms with Gasteiger partial charge in [0.15, 0.2) is 0 Å². The molecule has 2 fully saturated rings. The average molecular weight is 433 g/mol. The highest BCUT2D eigenvalue weighted by Crippen LogP contribution is 2.38. The summed E-state index contributed by atoms with van der Waals surface area (Å²) in [6.45, 7) is 4.56. The molecule has 4 aromatic rings. The number of piperidine rings is 1. The highest BCUT2D eigenvalue weighted by atomic mass is 15.3. The van der Waals surface area contributed by atoms with Crippen LogP contribution >= 0.6 is 0 Å². The van der Waals surface area contributed by atoms with Crippen LogP contribution in [0.4, 0.5) is 0 Å². The summed E-state index contributed by atoms with van der Waals surface area (Å²) < 4.78 is 0. The molecule has 2 heteroatoms. The molecule has 3 atom stereocenters. The minimum atomic E-state index is 0.443. The van der Waals surface area contributed by atoms with Gasteiger partial charge in [0, 0.05) is 44.2 Å². The number of hydrogen-bond donors (Lipinski definition) is 0. The largest absolute Gasteiger partial charge is 0.297 e. The summed E-state index contributed by atoms with van der Waals surface area (Å²) in [6.07, 6.45) is 2.53. The van der Waals surface area contributed by atoms with Crippen molar-refractivity contribution in [2.75, 3.05) is 19.6 Å². The van der Waals surface area contributed by atoms with E-state index in [0.717, 1.165) is 19.6 Å². The predicted molar refractivity (Wildman–Crippen MR) is 137 cm³/mol. The Morgan fingerprint density at radius 3 is 2.09 bits per heavy atom. The van der Waals surface area contributed by atoms with Gasteiger partial charge in [-0.05, 0) is 40.3 Å². The fourth-order valence-electron chi connectivity index (χ4n) is 6.23. The third-order valence-electron chi connectivity index (χ3n) is 7.86. The number of fused-ring (bicyclic) bond motifs is 3. The van der Waals surface area contributed by atoms with Crippen molar-refractivity contribution in [3.63, 3.8) is 0 Å². The lowest BCUT2D eigenvalue weighted by Gasteiger charge is -2.51. The van der Waals surface area contributed by atoms with Gasteiger partial charge in [-0.3, -0.25) is 9.80 Å². The topological polar surface area (TPSA) is 6.48 Å². The molecule has 2 nitrogen and oxygen atoms in total. The van der Waals surface area contributed by atoms with Gasteiger partial charge >= 0.3 is 0 Å². The van der Waals surface area contributed by atoms with Gasteiger partial charge in [-0.15, -0.1) is 0 Å². The van der Waals surface area contributed by atoms with Gasteiger partial charge < -0.3 is 0 Å². The standard InChI is InChI=1S/C31H32N2/c1-3-11-25(12-4-1)31(26-13-5-2-6-14-26)30-19-18-28-23-33(30)21-20-32(28)22-27-16-9-15-24-10-7-8-17-29(24)27/h1-17,28,30-31H,18-23H2/t28-,30-/m1/s1. The molecule has 2 saturated heterocycles. The molecule has 0 aliphatic carbocycles. The normalized spacial score (nSPS) is 23.1. The van der Waals surface area contributed by atoms with Crippen LogP contribution < -0.4 is 0 Å². The lowest BCUT2D eigenvalue weighted by atomic mass is 9.79. The highest BCUT2D eigenvalue weighted by molar-refractivity contribution is 5.85. The maximum Gasteiger partial charge on any atom is 0.0245 e. The number of rotatable bonds is 5. The second-order valence-corrected chi connectivity index (χ2v) is 9.70. The van der Waals surface area contributed by atoms with E-state index in [1.165, 1.54) is 46.8 Å². The van der Waals surface area contributed by atoms with E-state index < -0.39 is 0 Å². The van der Waals surface area contributed by atoms with Crippen molar-refractivity contribution in [1.82, 2.24) is 9.80 Å².